The number of nitrogens with zero attached hydrogens (tertiary/aromatic N) is 4. The third kappa shape index (κ3) is 6.04. The predicted octanol–water partition coefficient (Wildman–Crippen LogP) is 6.80. The average Bonchev–Trinajstić information content (AvgIpc) is 2.89. The Morgan fingerprint density at radius 1 is 1.02 bits per heavy atom. The number of fused-ring (bicyclic) bond motifs is 1. The van der Waals surface area contributed by atoms with Gasteiger partial charge in [0.1, 0.15) is 17.4 Å². The average molecular weight is 564 g/mol. The Morgan fingerprint density at radius 2 is 1.83 bits per heavy atom. The van der Waals surface area contributed by atoms with Crippen LogP contribution in [-0.2, 0) is 0 Å². The molecule has 41 heavy (non-hydrogen) atoms. The highest BCUT2D eigenvalue weighted by molar-refractivity contribution is 5.93. The van der Waals surface area contributed by atoms with Crippen LogP contribution in [0.2, 0.25) is 0 Å². The summed E-state index contributed by atoms with van der Waals surface area (Å²) >= 11 is 0. The quantitative estimate of drug-likeness (QED) is 0.226. The molecule has 0 spiro atoms. The number of alkyl halides is 3. The van der Waals surface area contributed by atoms with E-state index >= 15 is 0 Å². The Kier molecular flexibility index (Phi) is 7.14. The molecular formula is C30H32F3N7O. The molecule has 2 fully saturated rings. The van der Waals surface area contributed by atoms with Crippen molar-refractivity contribution in [1.29, 1.82) is 0 Å². The summed E-state index contributed by atoms with van der Waals surface area (Å²) in [5.41, 5.74) is 3.34. The van der Waals surface area contributed by atoms with Crippen molar-refractivity contribution in [3.63, 3.8) is 0 Å². The zero-order chi connectivity index (χ0) is 28.6. The number of pyridine rings is 2. The number of rotatable bonds is 7. The zero-order valence-corrected chi connectivity index (χ0v) is 22.9. The van der Waals surface area contributed by atoms with Crippen LogP contribution in [0, 0.1) is 5.41 Å². The van der Waals surface area contributed by atoms with E-state index < -0.39 is 6.36 Å². The molecular weight excluding hydrogens is 531 g/mol. The summed E-state index contributed by atoms with van der Waals surface area (Å²) in [7, 11) is 0. The summed E-state index contributed by atoms with van der Waals surface area (Å²) in [5, 5.41) is 11.5. The van der Waals surface area contributed by atoms with Crippen molar-refractivity contribution >= 4 is 28.2 Å². The lowest BCUT2D eigenvalue weighted by molar-refractivity contribution is -0.274. The Bertz CT molecular complexity index is 1540. The van der Waals surface area contributed by atoms with Crippen molar-refractivity contribution in [2.45, 2.75) is 57.9 Å². The highest BCUT2D eigenvalue weighted by Crippen LogP contribution is 2.42. The van der Waals surface area contributed by atoms with Gasteiger partial charge in [-0.1, -0.05) is 20.3 Å². The molecule has 6 rings (SSSR count). The van der Waals surface area contributed by atoms with Gasteiger partial charge in [-0.3, -0.25) is 4.98 Å². The van der Waals surface area contributed by atoms with Crippen LogP contribution in [-0.4, -0.2) is 45.4 Å². The van der Waals surface area contributed by atoms with E-state index in [4.69, 9.17) is 9.97 Å². The van der Waals surface area contributed by atoms with Gasteiger partial charge in [-0.15, -0.1) is 13.2 Å². The maximum Gasteiger partial charge on any atom is 0.573 e. The van der Waals surface area contributed by atoms with E-state index in [0.29, 0.717) is 23.2 Å². The highest BCUT2D eigenvalue weighted by Gasteiger charge is 2.34. The fourth-order valence-electron chi connectivity index (χ4n) is 5.50. The maximum absolute atomic E-state index is 12.5. The number of hydrogen-bond donors (Lipinski definition) is 3. The van der Waals surface area contributed by atoms with Crippen molar-refractivity contribution < 1.29 is 17.9 Å². The molecule has 3 aromatic heterocycles. The number of piperidine rings is 1. The van der Waals surface area contributed by atoms with E-state index in [-0.39, 0.29) is 17.2 Å². The Morgan fingerprint density at radius 3 is 2.54 bits per heavy atom. The lowest BCUT2D eigenvalue weighted by Gasteiger charge is -2.40. The molecule has 0 bridgehead atoms. The van der Waals surface area contributed by atoms with Gasteiger partial charge < -0.3 is 20.7 Å². The monoisotopic (exact) mass is 563 g/mol. The fraction of sp³-hybridized carbons (Fsp3) is 0.400. The van der Waals surface area contributed by atoms with Gasteiger partial charge in [0.25, 0.3) is 0 Å². The standard InChI is InChI=1S/C30H32F3N7O/c1-29(2)17-34-12-11-24(29)39-28-26-22(18-4-3-5-18)15-35-16-23(26)38-27(40-28)19-10-13-36-25(14-19)37-20-6-8-21(9-7-20)41-30(31,32)33/h6-10,13-16,18,24,34H,3-5,11-12,17H2,1-2H3,(H,36,37)(H,38,39,40). The van der Waals surface area contributed by atoms with E-state index in [2.05, 4.69) is 44.5 Å². The summed E-state index contributed by atoms with van der Waals surface area (Å²) in [6, 6.07) is 9.39. The van der Waals surface area contributed by atoms with Crippen LogP contribution < -0.4 is 20.7 Å². The van der Waals surface area contributed by atoms with Gasteiger partial charge in [-0.05, 0) is 79.1 Å². The maximum atomic E-state index is 12.5. The molecule has 1 saturated carbocycles. The molecule has 1 aliphatic heterocycles. The largest absolute Gasteiger partial charge is 0.573 e. The highest BCUT2D eigenvalue weighted by atomic mass is 19.4. The topological polar surface area (TPSA) is 96.9 Å². The Hall–Kier alpha value is -3.99. The zero-order valence-electron chi connectivity index (χ0n) is 22.9. The number of aromatic nitrogens is 4. The Labute approximate surface area is 236 Å². The van der Waals surface area contributed by atoms with E-state index in [9.17, 15) is 13.2 Å². The molecule has 214 valence electrons. The van der Waals surface area contributed by atoms with E-state index in [1.165, 1.54) is 36.2 Å². The lowest BCUT2D eigenvalue weighted by atomic mass is 9.78. The minimum absolute atomic E-state index is 0.0355. The van der Waals surface area contributed by atoms with Crippen LogP contribution in [0.15, 0.2) is 55.0 Å². The molecule has 8 nitrogen and oxygen atoms in total. The molecule has 1 saturated heterocycles. The van der Waals surface area contributed by atoms with E-state index in [1.54, 1.807) is 12.4 Å². The first-order valence-electron chi connectivity index (χ1n) is 13.9. The summed E-state index contributed by atoms with van der Waals surface area (Å²) in [4.78, 5) is 18.9. The second kappa shape index (κ2) is 10.8. The van der Waals surface area contributed by atoms with Gasteiger partial charge in [0.15, 0.2) is 5.82 Å². The van der Waals surface area contributed by atoms with E-state index in [0.717, 1.165) is 54.6 Å². The molecule has 1 unspecified atom stereocenters. The number of anilines is 3. The normalized spacial score (nSPS) is 19.0. The van der Waals surface area contributed by atoms with Crippen molar-refractivity contribution in [2.24, 2.45) is 5.41 Å². The molecule has 1 aromatic carbocycles. The first-order chi connectivity index (χ1) is 19.6. The number of benzene rings is 1. The molecule has 0 radical (unpaired) electrons. The summed E-state index contributed by atoms with van der Waals surface area (Å²) in [6.07, 6.45) is 5.16. The van der Waals surface area contributed by atoms with Gasteiger partial charge in [-0.2, -0.15) is 0 Å². The second-order valence-electron chi connectivity index (χ2n) is 11.4. The molecule has 1 atom stereocenters. The number of hydrogen-bond acceptors (Lipinski definition) is 8. The van der Waals surface area contributed by atoms with E-state index in [1.807, 2.05) is 18.3 Å². The SMILES string of the molecule is CC1(C)CNCCC1Nc1nc(-c2ccnc(Nc3ccc(OC(F)(F)F)cc3)c2)nc2cncc(C3CCC3)c12. The number of ether oxygens (including phenoxy) is 1. The number of nitrogens with one attached hydrogen (secondary N) is 3. The van der Waals surface area contributed by atoms with Crippen LogP contribution in [0.4, 0.5) is 30.5 Å². The van der Waals surface area contributed by atoms with Crippen LogP contribution >= 0.6 is 0 Å². The third-order valence-electron chi connectivity index (χ3n) is 8.00. The van der Waals surface area contributed by atoms with Crippen LogP contribution in [0.1, 0.15) is 51.0 Å². The summed E-state index contributed by atoms with van der Waals surface area (Å²) in [6.45, 7) is 6.38. The van der Waals surface area contributed by atoms with Crippen LogP contribution in [0.5, 0.6) is 5.75 Å². The number of halogens is 3. The summed E-state index contributed by atoms with van der Waals surface area (Å²) in [5.74, 6) is 2.04. The molecule has 11 heteroatoms. The van der Waals surface area contributed by atoms with Crippen LogP contribution in [0.3, 0.4) is 0 Å². The van der Waals surface area contributed by atoms with Gasteiger partial charge in [0.05, 0.1) is 11.7 Å². The van der Waals surface area contributed by atoms with Crippen molar-refractivity contribution in [2.75, 3.05) is 23.7 Å². The molecule has 4 heterocycles. The fourth-order valence-corrected chi connectivity index (χ4v) is 5.50. The van der Waals surface area contributed by atoms with Crippen LogP contribution in [0.25, 0.3) is 22.3 Å². The van der Waals surface area contributed by atoms with Crippen molar-refractivity contribution in [3.05, 3.63) is 60.6 Å². The first-order valence-corrected chi connectivity index (χ1v) is 13.9. The second-order valence-corrected chi connectivity index (χ2v) is 11.4. The molecule has 4 aromatic rings. The summed E-state index contributed by atoms with van der Waals surface area (Å²) < 4.78 is 41.5. The van der Waals surface area contributed by atoms with Gasteiger partial charge in [0.2, 0.25) is 0 Å². The minimum Gasteiger partial charge on any atom is -0.406 e. The molecule has 0 amide bonds. The van der Waals surface area contributed by atoms with Crippen molar-refractivity contribution in [1.82, 2.24) is 25.3 Å². The van der Waals surface area contributed by atoms with Gasteiger partial charge in [-0.25, -0.2) is 15.0 Å². The minimum atomic E-state index is -4.74. The molecule has 1 aliphatic carbocycles. The smallest absolute Gasteiger partial charge is 0.406 e. The molecule has 2 aliphatic rings. The molecule has 3 N–H and O–H groups in total. The van der Waals surface area contributed by atoms with Crippen molar-refractivity contribution in [3.8, 4) is 17.1 Å². The predicted molar refractivity (Wildman–Crippen MR) is 152 cm³/mol. The lowest BCUT2D eigenvalue weighted by Crippen LogP contribution is -2.49. The third-order valence-corrected chi connectivity index (χ3v) is 8.00. The van der Waals surface area contributed by atoms with Gasteiger partial charge >= 0.3 is 6.36 Å². The van der Waals surface area contributed by atoms with Gasteiger partial charge in [0, 0.05) is 41.6 Å². The first kappa shape index (κ1) is 27.2. The Balaban J connectivity index is 1.34.